The number of hydrazone groups is 1. The van der Waals surface area contributed by atoms with E-state index >= 15 is 0 Å². The van der Waals surface area contributed by atoms with Gasteiger partial charge < -0.3 is 0 Å². The Morgan fingerprint density at radius 1 is 0.786 bits per heavy atom. The van der Waals surface area contributed by atoms with Crippen molar-refractivity contribution < 1.29 is 4.79 Å². The molecule has 0 unspecified atom stereocenters. The minimum absolute atomic E-state index is 0.0966. The molecule has 4 aromatic carbocycles. The van der Waals surface area contributed by atoms with Crippen LogP contribution in [0.5, 0.6) is 0 Å². The molecular formula is C25H18N2O. The molecule has 0 atom stereocenters. The van der Waals surface area contributed by atoms with Crippen molar-refractivity contribution in [3.05, 3.63) is 96.1 Å². The molecule has 4 aromatic rings. The molecule has 0 aromatic heterocycles. The van der Waals surface area contributed by atoms with E-state index in [-0.39, 0.29) is 5.91 Å². The van der Waals surface area contributed by atoms with Gasteiger partial charge >= 0.3 is 0 Å². The van der Waals surface area contributed by atoms with E-state index in [9.17, 15) is 4.79 Å². The third-order valence-corrected chi connectivity index (χ3v) is 5.16. The van der Waals surface area contributed by atoms with Gasteiger partial charge in [-0.3, -0.25) is 4.79 Å². The molecule has 0 saturated carbocycles. The molecule has 3 nitrogen and oxygen atoms in total. The second-order valence-corrected chi connectivity index (χ2v) is 6.93. The maximum absolute atomic E-state index is 13.1. The molecule has 1 amide bonds. The number of carbonyl (C=O) groups is 1. The maximum atomic E-state index is 13.1. The van der Waals surface area contributed by atoms with E-state index in [2.05, 4.69) is 35.4 Å². The largest absolute Gasteiger partial charge is 0.280 e. The fraction of sp³-hybridized carbons (Fsp3) is 0.0400. The van der Waals surface area contributed by atoms with Gasteiger partial charge in [0.25, 0.3) is 5.91 Å². The lowest BCUT2D eigenvalue weighted by Crippen LogP contribution is -2.21. The molecule has 1 aliphatic heterocycles. The van der Waals surface area contributed by atoms with Gasteiger partial charge in [0.2, 0.25) is 0 Å². The molecule has 0 N–H and O–H groups in total. The van der Waals surface area contributed by atoms with Gasteiger partial charge in [-0.05, 0) is 58.3 Å². The summed E-state index contributed by atoms with van der Waals surface area (Å²) in [5.74, 6) is -0.0966. The van der Waals surface area contributed by atoms with Crippen LogP contribution in [-0.4, -0.2) is 11.6 Å². The second-order valence-electron chi connectivity index (χ2n) is 6.93. The summed E-state index contributed by atoms with van der Waals surface area (Å²) >= 11 is 0. The molecule has 0 fully saturated rings. The lowest BCUT2D eigenvalue weighted by Gasteiger charge is -2.12. The van der Waals surface area contributed by atoms with Gasteiger partial charge in [-0.1, -0.05) is 66.7 Å². The lowest BCUT2D eigenvalue weighted by molar-refractivity contribution is -0.114. The third kappa shape index (κ3) is 2.60. The summed E-state index contributed by atoms with van der Waals surface area (Å²) in [6.07, 6.45) is 1.99. The van der Waals surface area contributed by atoms with Crippen LogP contribution in [0.2, 0.25) is 0 Å². The molecule has 1 aliphatic rings. The van der Waals surface area contributed by atoms with Crippen molar-refractivity contribution in [3.8, 4) is 0 Å². The number of hydrogen-bond acceptors (Lipinski definition) is 2. The van der Waals surface area contributed by atoms with Crippen LogP contribution in [0.4, 0.5) is 5.69 Å². The van der Waals surface area contributed by atoms with Crippen LogP contribution in [0.1, 0.15) is 12.5 Å². The summed E-state index contributed by atoms with van der Waals surface area (Å²) in [5.41, 5.74) is 3.19. The Kier molecular flexibility index (Phi) is 3.80. The number of para-hydroxylation sites is 1. The van der Waals surface area contributed by atoms with Gasteiger partial charge in [-0.2, -0.15) is 10.1 Å². The second kappa shape index (κ2) is 6.46. The van der Waals surface area contributed by atoms with Crippen molar-refractivity contribution in [3.63, 3.8) is 0 Å². The number of rotatable bonds is 2. The summed E-state index contributed by atoms with van der Waals surface area (Å²) in [4.78, 5) is 13.1. The van der Waals surface area contributed by atoms with E-state index in [1.54, 1.807) is 0 Å². The first-order valence-electron chi connectivity index (χ1n) is 9.30. The predicted octanol–water partition coefficient (Wildman–Crippen LogP) is 5.80. The van der Waals surface area contributed by atoms with E-state index in [1.165, 1.54) is 5.01 Å². The zero-order chi connectivity index (χ0) is 19.1. The van der Waals surface area contributed by atoms with E-state index in [4.69, 9.17) is 0 Å². The van der Waals surface area contributed by atoms with Crippen LogP contribution < -0.4 is 5.01 Å². The van der Waals surface area contributed by atoms with Gasteiger partial charge in [0.15, 0.2) is 0 Å². The molecule has 0 bridgehead atoms. The van der Waals surface area contributed by atoms with E-state index < -0.39 is 0 Å². The number of nitrogens with zero attached hydrogens (tertiary/aromatic N) is 2. The number of carbonyl (C=O) groups excluding carboxylic acids is 1. The first kappa shape index (κ1) is 16.5. The number of fused-ring (bicyclic) bond motifs is 2. The normalized spacial score (nSPS) is 15.6. The van der Waals surface area contributed by atoms with E-state index in [0.717, 1.165) is 38.5 Å². The average Bonchev–Trinajstić information content (AvgIpc) is 3.02. The minimum atomic E-state index is -0.0966. The first-order chi connectivity index (χ1) is 13.7. The monoisotopic (exact) mass is 362 g/mol. The summed E-state index contributed by atoms with van der Waals surface area (Å²) in [5, 5.41) is 10.6. The maximum Gasteiger partial charge on any atom is 0.280 e. The first-order valence-corrected chi connectivity index (χ1v) is 9.30. The molecule has 28 heavy (non-hydrogen) atoms. The van der Waals surface area contributed by atoms with Gasteiger partial charge in [0.05, 0.1) is 17.0 Å². The van der Waals surface area contributed by atoms with Crippen molar-refractivity contribution in [1.82, 2.24) is 0 Å². The molecule has 0 saturated heterocycles. The predicted molar refractivity (Wildman–Crippen MR) is 116 cm³/mol. The smallest absolute Gasteiger partial charge is 0.267 e. The topological polar surface area (TPSA) is 32.7 Å². The minimum Gasteiger partial charge on any atom is -0.267 e. The summed E-state index contributed by atoms with van der Waals surface area (Å²) in [6.45, 7) is 1.89. The molecule has 0 aliphatic carbocycles. The van der Waals surface area contributed by atoms with Gasteiger partial charge in [-0.25, -0.2) is 0 Å². The van der Waals surface area contributed by atoms with Gasteiger partial charge in [-0.15, -0.1) is 0 Å². The van der Waals surface area contributed by atoms with Crippen LogP contribution in [0.3, 0.4) is 0 Å². The highest BCUT2D eigenvalue weighted by molar-refractivity contribution is 6.33. The quantitative estimate of drug-likeness (QED) is 0.328. The number of anilines is 1. The van der Waals surface area contributed by atoms with Crippen LogP contribution in [-0.2, 0) is 4.79 Å². The Balaban J connectivity index is 1.72. The van der Waals surface area contributed by atoms with Crippen molar-refractivity contribution in [1.29, 1.82) is 0 Å². The number of hydrogen-bond donors (Lipinski definition) is 0. The Morgan fingerprint density at radius 2 is 1.36 bits per heavy atom. The highest BCUT2D eigenvalue weighted by Gasteiger charge is 2.28. The summed E-state index contributed by atoms with van der Waals surface area (Å²) in [6, 6.07) is 28.3. The Hall–Kier alpha value is -3.72. The lowest BCUT2D eigenvalue weighted by atomic mass is 9.94. The van der Waals surface area contributed by atoms with Crippen molar-refractivity contribution in [2.24, 2.45) is 5.10 Å². The van der Waals surface area contributed by atoms with Crippen molar-refractivity contribution in [2.75, 3.05) is 5.01 Å². The molecule has 5 rings (SSSR count). The molecule has 0 radical (unpaired) electrons. The van der Waals surface area contributed by atoms with Crippen molar-refractivity contribution >= 4 is 44.9 Å². The van der Waals surface area contributed by atoms with Crippen molar-refractivity contribution in [2.45, 2.75) is 6.92 Å². The summed E-state index contributed by atoms with van der Waals surface area (Å²) in [7, 11) is 0. The fourth-order valence-electron chi connectivity index (χ4n) is 3.78. The number of benzene rings is 4. The Labute approximate surface area is 163 Å². The van der Waals surface area contributed by atoms with E-state index in [1.807, 2.05) is 67.6 Å². The third-order valence-electron chi connectivity index (χ3n) is 5.16. The molecule has 134 valence electrons. The van der Waals surface area contributed by atoms with Gasteiger partial charge in [0, 0.05) is 0 Å². The molecular weight excluding hydrogens is 344 g/mol. The summed E-state index contributed by atoms with van der Waals surface area (Å²) < 4.78 is 0. The Bertz CT molecular complexity index is 1230. The highest BCUT2D eigenvalue weighted by Crippen LogP contribution is 2.32. The van der Waals surface area contributed by atoms with Gasteiger partial charge in [0.1, 0.15) is 0 Å². The van der Waals surface area contributed by atoms with Crippen LogP contribution in [0.25, 0.3) is 27.6 Å². The SMILES string of the molecule is CC1=NN(c2ccccc2)C(=O)/C1=C/c1c2ccccc2cc2ccccc12. The van der Waals surface area contributed by atoms with Crippen LogP contribution in [0.15, 0.2) is 95.6 Å². The fourth-order valence-corrected chi connectivity index (χ4v) is 3.78. The molecule has 1 heterocycles. The Morgan fingerprint density at radius 3 is 2.00 bits per heavy atom. The average molecular weight is 362 g/mol. The van der Waals surface area contributed by atoms with Crippen LogP contribution >= 0.6 is 0 Å². The zero-order valence-corrected chi connectivity index (χ0v) is 15.5. The number of amides is 1. The molecule has 0 spiro atoms. The van der Waals surface area contributed by atoms with Crippen LogP contribution in [0, 0.1) is 0 Å². The standard InChI is InChI=1S/C25H18N2O/c1-17-23(25(28)27(26-17)20-11-3-2-4-12-20)16-24-21-13-7-5-9-18(21)15-19-10-6-8-14-22(19)24/h2-16H,1H3/b23-16+. The zero-order valence-electron chi connectivity index (χ0n) is 15.5. The highest BCUT2D eigenvalue weighted by atomic mass is 16.2. The molecule has 3 heteroatoms. The van der Waals surface area contributed by atoms with E-state index in [0.29, 0.717) is 5.57 Å².